The SMILES string of the molecule is OCCC#Cc1cccc(OCCN2CCCSCC2)c1. The normalized spacial score (nSPS) is 15.9. The molecule has 21 heavy (non-hydrogen) atoms. The molecule has 114 valence electrons. The van der Waals surface area contributed by atoms with Gasteiger partial charge in [-0.2, -0.15) is 11.8 Å². The van der Waals surface area contributed by atoms with Crippen molar-refractivity contribution in [2.45, 2.75) is 12.8 Å². The van der Waals surface area contributed by atoms with Crippen molar-refractivity contribution in [2.24, 2.45) is 0 Å². The lowest BCUT2D eigenvalue weighted by molar-refractivity contribution is 0.219. The molecular formula is C17H23NO2S. The summed E-state index contributed by atoms with van der Waals surface area (Å²) in [5.41, 5.74) is 0.937. The average Bonchev–Trinajstić information content (AvgIpc) is 2.77. The summed E-state index contributed by atoms with van der Waals surface area (Å²) in [5.74, 6) is 9.34. The Bertz CT molecular complexity index is 473. The molecule has 1 aromatic rings. The van der Waals surface area contributed by atoms with Gasteiger partial charge in [0.1, 0.15) is 12.4 Å². The van der Waals surface area contributed by atoms with Crippen molar-refractivity contribution in [3.8, 4) is 17.6 Å². The molecular weight excluding hydrogens is 282 g/mol. The molecule has 4 heteroatoms. The molecule has 0 amide bonds. The summed E-state index contributed by atoms with van der Waals surface area (Å²) in [6, 6.07) is 7.85. The summed E-state index contributed by atoms with van der Waals surface area (Å²) >= 11 is 2.05. The van der Waals surface area contributed by atoms with Gasteiger partial charge in [-0.1, -0.05) is 17.9 Å². The first-order chi connectivity index (χ1) is 10.4. The highest BCUT2D eigenvalue weighted by Gasteiger charge is 2.08. The lowest BCUT2D eigenvalue weighted by Crippen LogP contribution is -2.30. The summed E-state index contributed by atoms with van der Waals surface area (Å²) in [5, 5.41) is 8.73. The van der Waals surface area contributed by atoms with E-state index in [1.54, 1.807) is 0 Å². The molecule has 0 atom stereocenters. The van der Waals surface area contributed by atoms with Gasteiger partial charge in [0.05, 0.1) is 6.61 Å². The number of rotatable bonds is 5. The van der Waals surface area contributed by atoms with E-state index in [-0.39, 0.29) is 6.61 Å². The van der Waals surface area contributed by atoms with Gasteiger partial charge >= 0.3 is 0 Å². The molecule has 1 heterocycles. The zero-order valence-electron chi connectivity index (χ0n) is 12.4. The number of hydrogen-bond donors (Lipinski definition) is 1. The minimum atomic E-state index is 0.108. The average molecular weight is 305 g/mol. The third-order valence-electron chi connectivity index (χ3n) is 3.29. The van der Waals surface area contributed by atoms with E-state index in [9.17, 15) is 0 Å². The van der Waals surface area contributed by atoms with E-state index in [1.165, 1.54) is 31.0 Å². The fourth-order valence-corrected chi connectivity index (χ4v) is 3.12. The number of benzene rings is 1. The van der Waals surface area contributed by atoms with E-state index >= 15 is 0 Å². The van der Waals surface area contributed by atoms with Gasteiger partial charge in [0.15, 0.2) is 0 Å². The van der Waals surface area contributed by atoms with E-state index < -0.39 is 0 Å². The van der Waals surface area contributed by atoms with Gasteiger partial charge < -0.3 is 9.84 Å². The van der Waals surface area contributed by atoms with E-state index in [2.05, 4.69) is 16.7 Å². The lowest BCUT2D eigenvalue weighted by atomic mass is 10.2. The Morgan fingerprint density at radius 2 is 2.24 bits per heavy atom. The van der Waals surface area contributed by atoms with Crippen molar-refractivity contribution in [2.75, 3.05) is 44.4 Å². The lowest BCUT2D eigenvalue weighted by Gasteiger charge is -2.19. The molecule has 1 aliphatic heterocycles. The molecule has 1 fully saturated rings. The Morgan fingerprint density at radius 3 is 3.14 bits per heavy atom. The molecule has 1 aliphatic rings. The molecule has 1 aromatic carbocycles. The third-order valence-corrected chi connectivity index (χ3v) is 4.34. The quantitative estimate of drug-likeness (QED) is 0.846. The monoisotopic (exact) mass is 305 g/mol. The number of thioether (sulfide) groups is 1. The number of nitrogens with zero attached hydrogens (tertiary/aromatic N) is 1. The minimum absolute atomic E-state index is 0.108. The fraction of sp³-hybridized carbons (Fsp3) is 0.529. The van der Waals surface area contributed by atoms with Crippen LogP contribution in [-0.2, 0) is 0 Å². The van der Waals surface area contributed by atoms with Crippen LogP contribution < -0.4 is 4.74 Å². The number of hydrogen-bond acceptors (Lipinski definition) is 4. The zero-order chi connectivity index (χ0) is 14.8. The first-order valence-electron chi connectivity index (χ1n) is 7.51. The largest absolute Gasteiger partial charge is 0.492 e. The summed E-state index contributed by atoms with van der Waals surface area (Å²) in [7, 11) is 0. The van der Waals surface area contributed by atoms with Crippen LogP contribution >= 0.6 is 11.8 Å². The second kappa shape index (κ2) is 9.73. The third kappa shape index (κ3) is 6.43. The summed E-state index contributed by atoms with van der Waals surface area (Å²) < 4.78 is 5.83. The van der Waals surface area contributed by atoms with E-state index in [0.29, 0.717) is 6.42 Å². The highest BCUT2D eigenvalue weighted by molar-refractivity contribution is 7.99. The van der Waals surface area contributed by atoms with E-state index in [1.807, 2.05) is 36.0 Å². The number of aliphatic hydroxyl groups is 1. The fourth-order valence-electron chi connectivity index (χ4n) is 2.20. The minimum Gasteiger partial charge on any atom is -0.492 e. The Kier molecular flexibility index (Phi) is 7.51. The van der Waals surface area contributed by atoms with Crippen molar-refractivity contribution >= 4 is 11.8 Å². The summed E-state index contributed by atoms with van der Waals surface area (Å²) in [4.78, 5) is 2.48. The van der Waals surface area contributed by atoms with Crippen LogP contribution in [0.3, 0.4) is 0 Å². The second-order valence-corrected chi connectivity index (χ2v) is 6.18. The molecule has 0 bridgehead atoms. The molecule has 3 nitrogen and oxygen atoms in total. The van der Waals surface area contributed by atoms with Gasteiger partial charge in [-0.15, -0.1) is 0 Å². The highest BCUT2D eigenvalue weighted by atomic mass is 32.2. The standard InChI is InChI=1S/C17H23NO2S/c19-11-2-1-5-16-6-3-7-17(15-16)20-12-9-18-8-4-13-21-14-10-18/h3,6-7,15,19H,2,4,8-14H2. The Labute approximate surface area is 131 Å². The van der Waals surface area contributed by atoms with Gasteiger partial charge in [-0.05, 0) is 36.9 Å². The van der Waals surface area contributed by atoms with Crippen LogP contribution in [0.5, 0.6) is 5.75 Å². The second-order valence-electron chi connectivity index (χ2n) is 4.96. The van der Waals surface area contributed by atoms with Crippen molar-refractivity contribution in [3.05, 3.63) is 29.8 Å². The topological polar surface area (TPSA) is 32.7 Å². The smallest absolute Gasteiger partial charge is 0.120 e. The predicted molar refractivity (Wildman–Crippen MR) is 88.9 cm³/mol. The number of aliphatic hydroxyl groups excluding tert-OH is 1. The maximum Gasteiger partial charge on any atom is 0.120 e. The molecule has 2 rings (SSSR count). The van der Waals surface area contributed by atoms with Gasteiger partial charge in [-0.25, -0.2) is 0 Å². The number of ether oxygens (including phenoxy) is 1. The van der Waals surface area contributed by atoms with Crippen LogP contribution in [0, 0.1) is 11.8 Å². The van der Waals surface area contributed by atoms with Crippen molar-refractivity contribution in [1.82, 2.24) is 4.90 Å². The Balaban J connectivity index is 1.77. The van der Waals surface area contributed by atoms with Crippen LogP contribution in [0.15, 0.2) is 24.3 Å². The molecule has 0 unspecified atom stereocenters. The van der Waals surface area contributed by atoms with Crippen LogP contribution in [0.2, 0.25) is 0 Å². The maximum absolute atomic E-state index is 8.73. The van der Waals surface area contributed by atoms with Crippen LogP contribution in [0.1, 0.15) is 18.4 Å². The van der Waals surface area contributed by atoms with Gasteiger partial charge in [0, 0.05) is 30.8 Å². The van der Waals surface area contributed by atoms with Gasteiger partial charge in [0.25, 0.3) is 0 Å². The molecule has 1 saturated heterocycles. The Hall–Kier alpha value is -1.15. The molecule has 0 spiro atoms. The van der Waals surface area contributed by atoms with Crippen LogP contribution in [-0.4, -0.2) is 54.4 Å². The van der Waals surface area contributed by atoms with Crippen LogP contribution in [0.25, 0.3) is 0 Å². The molecule has 0 saturated carbocycles. The summed E-state index contributed by atoms with van der Waals surface area (Å²) in [6.45, 7) is 4.17. The molecule has 0 radical (unpaired) electrons. The predicted octanol–water partition coefficient (Wildman–Crippen LogP) is 2.24. The molecule has 0 aromatic heterocycles. The summed E-state index contributed by atoms with van der Waals surface area (Å²) in [6.07, 6.45) is 1.79. The van der Waals surface area contributed by atoms with Gasteiger partial charge in [0.2, 0.25) is 0 Å². The molecule has 0 aliphatic carbocycles. The van der Waals surface area contributed by atoms with Crippen molar-refractivity contribution < 1.29 is 9.84 Å². The molecule has 1 N–H and O–H groups in total. The first kappa shape index (κ1) is 16.2. The van der Waals surface area contributed by atoms with Crippen LogP contribution in [0.4, 0.5) is 0 Å². The maximum atomic E-state index is 8.73. The first-order valence-corrected chi connectivity index (χ1v) is 8.66. The van der Waals surface area contributed by atoms with E-state index in [0.717, 1.165) is 24.5 Å². The van der Waals surface area contributed by atoms with Crippen molar-refractivity contribution in [3.63, 3.8) is 0 Å². The van der Waals surface area contributed by atoms with E-state index in [4.69, 9.17) is 9.84 Å². The highest BCUT2D eigenvalue weighted by Crippen LogP contribution is 2.13. The van der Waals surface area contributed by atoms with Crippen molar-refractivity contribution in [1.29, 1.82) is 0 Å². The Morgan fingerprint density at radius 1 is 1.29 bits per heavy atom. The van der Waals surface area contributed by atoms with Gasteiger partial charge in [-0.3, -0.25) is 4.90 Å². The zero-order valence-corrected chi connectivity index (χ0v) is 13.2.